The molecule has 6 nitrogen and oxygen atoms in total. The van der Waals surface area contributed by atoms with Crippen LogP contribution in [0.3, 0.4) is 0 Å². The number of carbonyl (C=O) groups excluding carboxylic acids is 2. The van der Waals surface area contributed by atoms with E-state index in [1.54, 1.807) is 18.2 Å². The fourth-order valence-electron chi connectivity index (χ4n) is 2.83. The minimum atomic E-state index is -0.541. The fourth-order valence-corrected chi connectivity index (χ4v) is 2.83. The van der Waals surface area contributed by atoms with Crippen LogP contribution in [0, 0.1) is 5.92 Å². The third kappa shape index (κ3) is 5.61. The number of amides is 2. The van der Waals surface area contributed by atoms with Crippen molar-refractivity contribution in [1.82, 2.24) is 15.5 Å². The Labute approximate surface area is 155 Å². The molecule has 1 atom stereocenters. The third-order valence-corrected chi connectivity index (χ3v) is 4.22. The Kier molecular flexibility index (Phi) is 8.72. The molecule has 1 aliphatic heterocycles. The Hall–Kier alpha value is -1.79. The first-order chi connectivity index (χ1) is 11.5. The number of nitrogens with zero attached hydrogens (tertiary/aromatic N) is 1. The van der Waals surface area contributed by atoms with Gasteiger partial charge in [0.25, 0.3) is 5.91 Å². The molecule has 2 amide bonds. The summed E-state index contributed by atoms with van der Waals surface area (Å²) in [6.07, 6.45) is 0.928. The minimum Gasteiger partial charge on any atom is -0.496 e. The first-order valence-corrected chi connectivity index (χ1v) is 8.48. The predicted molar refractivity (Wildman–Crippen MR) is 100 cm³/mol. The Morgan fingerprint density at radius 3 is 2.60 bits per heavy atom. The van der Waals surface area contributed by atoms with Gasteiger partial charge >= 0.3 is 0 Å². The zero-order valence-electron chi connectivity index (χ0n) is 15.1. The van der Waals surface area contributed by atoms with E-state index in [-0.39, 0.29) is 30.1 Å². The fraction of sp³-hybridized carbons (Fsp3) is 0.556. The van der Waals surface area contributed by atoms with Crippen LogP contribution in [-0.4, -0.2) is 56.0 Å². The number of hydrogen-bond acceptors (Lipinski definition) is 4. The van der Waals surface area contributed by atoms with Crippen molar-refractivity contribution < 1.29 is 14.3 Å². The highest BCUT2D eigenvalue weighted by Gasteiger charge is 2.29. The highest BCUT2D eigenvalue weighted by molar-refractivity contribution is 5.99. The zero-order valence-corrected chi connectivity index (χ0v) is 15.9. The van der Waals surface area contributed by atoms with Crippen LogP contribution < -0.4 is 15.4 Å². The van der Waals surface area contributed by atoms with Gasteiger partial charge in [0.15, 0.2) is 0 Å². The number of benzene rings is 1. The van der Waals surface area contributed by atoms with Gasteiger partial charge in [-0.3, -0.25) is 9.59 Å². The van der Waals surface area contributed by atoms with E-state index < -0.39 is 6.04 Å². The highest BCUT2D eigenvalue weighted by atomic mass is 35.5. The van der Waals surface area contributed by atoms with E-state index >= 15 is 0 Å². The average molecular weight is 370 g/mol. The Morgan fingerprint density at radius 1 is 1.20 bits per heavy atom. The summed E-state index contributed by atoms with van der Waals surface area (Å²) < 4.78 is 5.24. The number of halogens is 1. The SMILES string of the molecule is COc1ccccc1C(=O)NC(C(=O)N1CCCNCC1)C(C)C.Cl. The lowest BCUT2D eigenvalue weighted by atomic mass is 10.0. The van der Waals surface area contributed by atoms with Gasteiger partial charge in [0.2, 0.25) is 5.91 Å². The number of para-hydroxylation sites is 1. The predicted octanol–water partition coefficient (Wildman–Crippen LogP) is 1.69. The lowest BCUT2D eigenvalue weighted by Gasteiger charge is -2.29. The van der Waals surface area contributed by atoms with Gasteiger partial charge in [0.1, 0.15) is 11.8 Å². The van der Waals surface area contributed by atoms with E-state index in [0.717, 1.165) is 26.1 Å². The summed E-state index contributed by atoms with van der Waals surface area (Å²) in [7, 11) is 1.53. The molecule has 7 heteroatoms. The van der Waals surface area contributed by atoms with Crippen LogP contribution in [0.25, 0.3) is 0 Å². The molecule has 0 radical (unpaired) electrons. The maximum absolute atomic E-state index is 12.9. The van der Waals surface area contributed by atoms with Crippen molar-refractivity contribution in [1.29, 1.82) is 0 Å². The van der Waals surface area contributed by atoms with Crippen LogP contribution in [0.15, 0.2) is 24.3 Å². The van der Waals surface area contributed by atoms with E-state index in [9.17, 15) is 9.59 Å². The first kappa shape index (κ1) is 21.3. The van der Waals surface area contributed by atoms with Crippen molar-refractivity contribution in [2.75, 3.05) is 33.3 Å². The molecule has 0 spiro atoms. The topological polar surface area (TPSA) is 70.7 Å². The maximum atomic E-state index is 12.9. The van der Waals surface area contributed by atoms with E-state index in [1.165, 1.54) is 7.11 Å². The van der Waals surface area contributed by atoms with Crippen molar-refractivity contribution in [2.24, 2.45) is 5.92 Å². The molecule has 1 aromatic rings. The normalized spacial score (nSPS) is 15.8. The number of hydrogen-bond donors (Lipinski definition) is 2. The molecule has 2 N–H and O–H groups in total. The monoisotopic (exact) mass is 369 g/mol. The van der Waals surface area contributed by atoms with Crippen LogP contribution >= 0.6 is 12.4 Å². The zero-order chi connectivity index (χ0) is 17.5. The second-order valence-electron chi connectivity index (χ2n) is 6.32. The molecule has 2 rings (SSSR count). The molecule has 1 aliphatic rings. The minimum absolute atomic E-state index is 0. The van der Waals surface area contributed by atoms with E-state index in [4.69, 9.17) is 4.74 Å². The van der Waals surface area contributed by atoms with Gasteiger partial charge in [-0.25, -0.2) is 0 Å². The number of rotatable bonds is 5. The maximum Gasteiger partial charge on any atom is 0.255 e. The number of nitrogens with one attached hydrogen (secondary N) is 2. The van der Waals surface area contributed by atoms with Gasteiger partial charge in [-0.2, -0.15) is 0 Å². The molecule has 0 bridgehead atoms. The van der Waals surface area contributed by atoms with Crippen molar-refractivity contribution >= 4 is 24.2 Å². The summed E-state index contributed by atoms with van der Waals surface area (Å²) >= 11 is 0. The second-order valence-corrected chi connectivity index (χ2v) is 6.32. The van der Waals surface area contributed by atoms with Crippen LogP contribution in [0.4, 0.5) is 0 Å². The molecular weight excluding hydrogens is 342 g/mol. The van der Waals surface area contributed by atoms with Crippen molar-refractivity contribution in [3.63, 3.8) is 0 Å². The molecule has 0 saturated carbocycles. The summed E-state index contributed by atoms with van der Waals surface area (Å²) in [5, 5.41) is 6.18. The number of carbonyl (C=O) groups is 2. The van der Waals surface area contributed by atoms with Crippen LogP contribution in [0.1, 0.15) is 30.6 Å². The lowest BCUT2D eigenvalue weighted by Crippen LogP contribution is -2.52. The molecule has 0 aliphatic carbocycles. The Morgan fingerprint density at radius 2 is 1.92 bits per heavy atom. The van der Waals surface area contributed by atoms with Crippen LogP contribution in [-0.2, 0) is 4.79 Å². The van der Waals surface area contributed by atoms with Gasteiger partial charge in [0.05, 0.1) is 12.7 Å². The quantitative estimate of drug-likeness (QED) is 0.828. The van der Waals surface area contributed by atoms with Crippen molar-refractivity contribution in [3.8, 4) is 5.75 Å². The summed E-state index contributed by atoms with van der Waals surface area (Å²) in [4.78, 5) is 27.3. The van der Waals surface area contributed by atoms with E-state index in [0.29, 0.717) is 17.9 Å². The summed E-state index contributed by atoms with van der Waals surface area (Å²) in [6, 6.07) is 6.49. The molecule has 0 aromatic heterocycles. The molecule has 1 heterocycles. The third-order valence-electron chi connectivity index (χ3n) is 4.22. The largest absolute Gasteiger partial charge is 0.496 e. The first-order valence-electron chi connectivity index (χ1n) is 8.48. The van der Waals surface area contributed by atoms with Crippen LogP contribution in [0.2, 0.25) is 0 Å². The van der Waals surface area contributed by atoms with Gasteiger partial charge in [-0.15, -0.1) is 12.4 Å². The van der Waals surface area contributed by atoms with Crippen molar-refractivity contribution in [2.45, 2.75) is 26.3 Å². The number of methoxy groups -OCH3 is 1. The van der Waals surface area contributed by atoms with Gasteiger partial charge < -0.3 is 20.3 Å². The van der Waals surface area contributed by atoms with Crippen molar-refractivity contribution in [3.05, 3.63) is 29.8 Å². The molecule has 1 saturated heterocycles. The Bertz CT molecular complexity index is 572. The van der Waals surface area contributed by atoms with E-state index in [2.05, 4.69) is 10.6 Å². The molecule has 25 heavy (non-hydrogen) atoms. The second kappa shape index (κ2) is 10.3. The lowest BCUT2D eigenvalue weighted by molar-refractivity contribution is -0.134. The van der Waals surface area contributed by atoms with Gasteiger partial charge in [-0.05, 0) is 31.0 Å². The standard InChI is InChI=1S/C18H27N3O3.ClH/c1-13(2)16(18(23)21-11-6-9-19-10-12-21)20-17(22)14-7-4-5-8-15(14)24-3;/h4-5,7-8,13,16,19H,6,9-12H2,1-3H3,(H,20,22);1H. The molecular formula is C18H28ClN3O3. The Balaban J connectivity index is 0.00000312. The van der Waals surface area contributed by atoms with Gasteiger partial charge in [-0.1, -0.05) is 26.0 Å². The highest BCUT2D eigenvalue weighted by Crippen LogP contribution is 2.18. The summed E-state index contributed by atoms with van der Waals surface area (Å²) in [5.74, 6) is 0.209. The van der Waals surface area contributed by atoms with Crippen LogP contribution in [0.5, 0.6) is 5.75 Å². The summed E-state index contributed by atoms with van der Waals surface area (Å²) in [5.41, 5.74) is 0.441. The molecule has 1 fully saturated rings. The molecule has 1 unspecified atom stereocenters. The van der Waals surface area contributed by atoms with Gasteiger partial charge in [0, 0.05) is 19.6 Å². The average Bonchev–Trinajstić information content (AvgIpc) is 2.88. The number of ether oxygens (including phenoxy) is 1. The smallest absolute Gasteiger partial charge is 0.255 e. The molecule has 140 valence electrons. The summed E-state index contributed by atoms with van der Waals surface area (Å²) in [6.45, 7) is 7.00. The molecule has 1 aromatic carbocycles. The van der Waals surface area contributed by atoms with E-state index in [1.807, 2.05) is 24.8 Å².